The molecular formula is C30H21BrN2O2. The fourth-order valence-electron chi connectivity index (χ4n) is 4.06. The van der Waals surface area contributed by atoms with E-state index in [1.54, 1.807) is 36.4 Å². The quantitative estimate of drug-likeness (QED) is 0.190. The minimum absolute atomic E-state index is 0.153. The second kappa shape index (κ2) is 9.95. The van der Waals surface area contributed by atoms with Gasteiger partial charge in [0, 0.05) is 15.7 Å². The van der Waals surface area contributed by atoms with Gasteiger partial charge in [-0.1, -0.05) is 88.7 Å². The van der Waals surface area contributed by atoms with E-state index in [9.17, 15) is 9.59 Å². The summed E-state index contributed by atoms with van der Waals surface area (Å²) in [5.74, 6) is -0.768. The second-order valence-electron chi connectivity index (χ2n) is 8.08. The van der Waals surface area contributed by atoms with Crippen molar-refractivity contribution < 1.29 is 9.59 Å². The van der Waals surface area contributed by atoms with Crippen LogP contribution in [-0.4, -0.2) is 11.8 Å². The van der Waals surface area contributed by atoms with Crippen molar-refractivity contribution >= 4 is 61.1 Å². The Hall–Kier alpha value is -4.22. The van der Waals surface area contributed by atoms with Gasteiger partial charge in [0.25, 0.3) is 11.8 Å². The molecular weight excluding hydrogens is 500 g/mol. The van der Waals surface area contributed by atoms with Crippen LogP contribution in [0.5, 0.6) is 0 Å². The van der Waals surface area contributed by atoms with Crippen LogP contribution in [0.3, 0.4) is 0 Å². The number of nitrogens with one attached hydrogen (secondary N) is 2. The number of carbonyl (C=O) groups excluding carboxylic acids is 2. The maximum absolute atomic E-state index is 13.5. The molecule has 0 bridgehead atoms. The van der Waals surface area contributed by atoms with Gasteiger partial charge in [-0.15, -0.1) is 0 Å². The number of rotatable bonds is 5. The molecule has 0 aliphatic rings. The van der Waals surface area contributed by atoms with E-state index < -0.39 is 5.91 Å². The maximum atomic E-state index is 13.5. The highest BCUT2D eigenvalue weighted by atomic mass is 79.9. The highest BCUT2D eigenvalue weighted by Gasteiger charge is 2.17. The standard InChI is InChI=1S/C30H21BrN2O2/c31-23-13-8-14-24(18-23)32-30(35)28(33-29(34)20-9-2-1-3-10-20)19-27-25-15-6-4-11-21(25)17-22-12-5-7-16-26(22)27/h1-19H,(H,32,35)(H,33,34). The average molecular weight is 521 g/mol. The van der Waals surface area contributed by atoms with E-state index in [2.05, 4.69) is 32.6 Å². The van der Waals surface area contributed by atoms with Crippen molar-refractivity contribution in [2.45, 2.75) is 0 Å². The van der Waals surface area contributed by atoms with Gasteiger partial charge in [-0.2, -0.15) is 0 Å². The lowest BCUT2D eigenvalue weighted by Crippen LogP contribution is -2.30. The first-order chi connectivity index (χ1) is 17.1. The first-order valence-electron chi connectivity index (χ1n) is 11.1. The third-order valence-corrected chi connectivity index (χ3v) is 6.21. The van der Waals surface area contributed by atoms with Crippen molar-refractivity contribution in [1.29, 1.82) is 0 Å². The first kappa shape index (κ1) is 22.6. The molecule has 0 heterocycles. The number of amides is 2. The molecule has 2 amide bonds. The van der Waals surface area contributed by atoms with E-state index in [4.69, 9.17) is 0 Å². The third-order valence-electron chi connectivity index (χ3n) is 5.71. The number of anilines is 1. The molecule has 0 aromatic heterocycles. The van der Waals surface area contributed by atoms with Gasteiger partial charge in [-0.25, -0.2) is 0 Å². The Bertz CT molecular complexity index is 1540. The number of hydrogen-bond donors (Lipinski definition) is 2. The van der Waals surface area contributed by atoms with Crippen LogP contribution < -0.4 is 10.6 Å². The van der Waals surface area contributed by atoms with E-state index >= 15 is 0 Å². The van der Waals surface area contributed by atoms with Gasteiger partial charge < -0.3 is 10.6 Å². The highest BCUT2D eigenvalue weighted by molar-refractivity contribution is 9.10. The van der Waals surface area contributed by atoms with Crippen LogP contribution >= 0.6 is 15.9 Å². The van der Waals surface area contributed by atoms with E-state index in [1.165, 1.54) is 0 Å². The second-order valence-corrected chi connectivity index (χ2v) is 8.99. The zero-order chi connectivity index (χ0) is 24.2. The Morgan fingerprint density at radius 3 is 1.97 bits per heavy atom. The normalized spacial score (nSPS) is 11.4. The van der Waals surface area contributed by atoms with Crippen LogP contribution in [0.2, 0.25) is 0 Å². The summed E-state index contributed by atoms with van der Waals surface area (Å²) in [6.45, 7) is 0. The Morgan fingerprint density at radius 2 is 1.31 bits per heavy atom. The predicted octanol–water partition coefficient (Wildman–Crippen LogP) is 7.17. The van der Waals surface area contributed by atoms with Gasteiger partial charge in [0.1, 0.15) is 5.70 Å². The van der Waals surface area contributed by atoms with Crippen LogP contribution in [0.4, 0.5) is 5.69 Å². The lowest BCUT2D eigenvalue weighted by Gasteiger charge is -2.14. The fraction of sp³-hybridized carbons (Fsp3) is 0. The summed E-state index contributed by atoms with van der Waals surface area (Å²) >= 11 is 3.43. The van der Waals surface area contributed by atoms with Gasteiger partial charge >= 0.3 is 0 Å². The van der Waals surface area contributed by atoms with Crippen molar-refractivity contribution in [3.8, 4) is 0 Å². The summed E-state index contributed by atoms with van der Waals surface area (Å²) in [6.07, 6.45) is 1.76. The van der Waals surface area contributed by atoms with Crippen molar-refractivity contribution in [2.75, 3.05) is 5.32 Å². The molecule has 0 aliphatic carbocycles. The molecule has 0 saturated heterocycles. The molecule has 0 fully saturated rings. The molecule has 0 unspecified atom stereocenters. The summed E-state index contributed by atoms with van der Waals surface area (Å²) in [7, 11) is 0. The monoisotopic (exact) mass is 520 g/mol. The maximum Gasteiger partial charge on any atom is 0.272 e. The Labute approximate surface area is 211 Å². The summed E-state index contributed by atoms with van der Waals surface area (Å²) in [4.78, 5) is 26.5. The summed E-state index contributed by atoms with van der Waals surface area (Å²) in [6, 6.07) is 34.4. The summed E-state index contributed by atoms with van der Waals surface area (Å²) in [5, 5.41) is 9.84. The molecule has 35 heavy (non-hydrogen) atoms. The molecule has 5 heteroatoms. The molecule has 0 atom stereocenters. The lowest BCUT2D eigenvalue weighted by atomic mass is 9.96. The molecule has 4 nitrogen and oxygen atoms in total. The molecule has 5 aromatic carbocycles. The number of carbonyl (C=O) groups is 2. The molecule has 5 rings (SSSR count). The number of hydrogen-bond acceptors (Lipinski definition) is 2. The van der Waals surface area contributed by atoms with E-state index in [0.717, 1.165) is 31.6 Å². The fourth-order valence-corrected chi connectivity index (χ4v) is 4.46. The summed E-state index contributed by atoms with van der Waals surface area (Å²) < 4.78 is 0.842. The van der Waals surface area contributed by atoms with Crippen molar-refractivity contribution in [2.24, 2.45) is 0 Å². The Kier molecular flexibility index (Phi) is 6.42. The molecule has 170 valence electrons. The topological polar surface area (TPSA) is 58.2 Å². The molecule has 0 radical (unpaired) electrons. The summed E-state index contributed by atoms with van der Waals surface area (Å²) in [5.41, 5.74) is 2.11. The minimum atomic E-state index is -0.413. The average Bonchev–Trinajstić information content (AvgIpc) is 2.88. The highest BCUT2D eigenvalue weighted by Crippen LogP contribution is 2.30. The Balaban J connectivity index is 1.64. The third kappa shape index (κ3) is 5.00. The molecule has 5 aromatic rings. The predicted molar refractivity (Wildman–Crippen MR) is 146 cm³/mol. The minimum Gasteiger partial charge on any atom is -0.321 e. The SMILES string of the molecule is O=C(Nc1cccc(Br)c1)C(=Cc1c2ccccc2cc2ccccc12)NC(=O)c1ccccc1. The van der Waals surface area contributed by atoms with Crippen molar-refractivity contribution in [1.82, 2.24) is 5.32 Å². The van der Waals surface area contributed by atoms with Crippen molar-refractivity contribution in [3.05, 3.63) is 130 Å². The van der Waals surface area contributed by atoms with Crippen LogP contribution in [0, 0.1) is 0 Å². The number of benzene rings is 5. The van der Waals surface area contributed by atoms with Gasteiger partial charge in [0.05, 0.1) is 0 Å². The molecule has 0 spiro atoms. The van der Waals surface area contributed by atoms with E-state index in [-0.39, 0.29) is 11.6 Å². The lowest BCUT2D eigenvalue weighted by molar-refractivity contribution is -0.113. The van der Waals surface area contributed by atoms with Gasteiger partial charge in [0.2, 0.25) is 0 Å². The molecule has 0 saturated carbocycles. The van der Waals surface area contributed by atoms with Gasteiger partial charge in [-0.05, 0) is 69.6 Å². The van der Waals surface area contributed by atoms with Crippen LogP contribution in [0.15, 0.2) is 119 Å². The van der Waals surface area contributed by atoms with E-state index in [1.807, 2.05) is 72.8 Å². The zero-order valence-corrected chi connectivity index (χ0v) is 20.3. The van der Waals surface area contributed by atoms with Crippen LogP contribution in [0.1, 0.15) is 15.9 Å². The zero-order valence-electron chi connectivity index (χ0n) is 18.7. The van der Waals surface area contributed by atoms with Gasteiger partial charge in [0.15, 0.2) is 0 Å². The number of fused-ring (bicyclic) bond motifs is 2. The van der Waals surface area contributed by atoms with Gasteiger partial charge in [-0.3, -0.25) is 9.59 Å². The molecule has 2 N–H and O–H groups in total. The van der Waals surface area contributed by atoms with Crippen LogP contribution in [-0.2, 0) is 4.79 Å². The van der Waals surface area contributed by atoms with Crippen LogP contribution in [0.25, 0.3) is 27.6 Å². The van der Waals surface area contributed by atoms with E-state index in [0.29, 0.717) is 11.3 Å². The first-order valence-corrected chi connectivity index (χ1v) is 11.9. The largest absolute Gasteiger partial charge is 0.321 e. The van der Waals surface area contributed by atoms with Crippen molar-refractivity contribution in [3.63, 3.8) is 0 Å². The Morgan fingerprint density at radius 1 is 0.686 bits per heavy atom. The smallest absolute Gasteiger partial charge is 0.272 e. The number of halogens is 1. The molecule has 0 aliphatic heterocycles.